The minimum atomic E-state index is -0.501. The number of carbonyl (C=O) groups excluding carboxylic acids is 1. The molecule has 0 aliphatic carbocycles. The number of hydrogen-bond acceptors (Lipinski definition) is 4. The van der Waals surface area contributed by atoms with Crippen LogP contribution in [0.15, 0.2) is 0 Å². The van der Waals surface area contributed by atoms with Crippen LogP contribution in [0.2, 0.25) is 0 Å². The highest BCUT2D eigenvalue weighted by Gasteiger charge is 2.30. The molecule has 1 aliphatic rings. The summed E-state index contributed by atoms with van der Waals surface area (Å²) < 4.78 is 2.10. The Morgan fingerprint density at radius 1 is 1.47 bits per heavy atom. The van der Waals surface area contributed by atoms with Gasteiger partial charge in [0.25, 0.3) is 0 Å². The van der Waals surface area contributed by atoms with Gasteiger partial charge in [0, 0.05) is 20.0 Å². The van der Waals surface area contributed by atoms with E-state index in [-0.39, 0.29) is 11.3 Å². The molecule has 1 amide bonds. The van der Waals surface area contributed by atoms with Crippen LogP contribution in [-0.2, 0) is 24.3 Å². The third kappa shape index (κ3) is 2.78. The number of carbonyl (C=O) groups is 1. The van der Waals surface area contributed by atoms with Gasteiger partial charge in [-0.1, -0.05) is 20.8 Å². The number of hydrogen-bond donors (Lipinski definition) is 1. The SMILES string of the molecule is CN(Cc1nnc2n1CCC2)C(=O)C(N)C(C)(C)C. The second-order valence-corrected chi connectivity index (χ2v) is 6.33. The van der Waals surface area contributed by atoms with E-state index in [0.717, 1.165) is 31.0 Å². The Morgan fingerprint density at radius 2 is 2.16 bits per heavy atom. The van der Waals surface area contributed by atoms with Gasteiger partial charge in [-0.25, -0.2) is 0 Å². The van der Waals surface area contributed by atoms with E-state index in [2.05, 4.69) is 14.8 Å². The van der Waals surface area contributed by atoms with Crippen molar-refractivity contribution in [3.8, 4) is 0 Å². The molecule has 19 heavy (non-hydrogen) atoms. The van der Waals surface area contributed by atoms with Gasteiger partial charge in [0.2, 0.25) is 5.91 Å². The Labute approximate surface area is 114 Å². The average molecular weight is 265 g/mol. The van der Waals surface area contributed by atoms with Crippen molar-refractivity contribution in [3.05, 3.63) is 11.6 Å². The normalized spacial score (nSPS) is 16.3. The number of nitrogens with zero attached hydrogens (tertiary/aromatic N) is 4. The Morgan fingerprint density at radius 3 is 2.79 bits per heavy atom. The molecule has 1 atom stereocenters. The van der Waals surface area contributed by atoms with Crippen LogP contribution in [-0.4, -0.2) is 38.7 Å². The van der Waals surface area contributed by atoms with E-state index >= 15 is 0 Å². The van der Waals surface area contributed by atoms with Crippen LogP contribution in [0.5, 0.6) is 0 Å². The van der Waals surface area contributed by atoms with Gasteiger partial charge >= 0.3 is 0 Å². The highest BCUT2D eigenvalue weighted by molar-refractivity contribution is 5.82. The van der Waals surface area contributed by atoms with Crippen LogP contribution < -0.4 is 5.73 Å². The van der Waals surface area contributed by atoms with Crippen molar-refractivity contribution in [1.82, 2.24) is 19.7 Å². The van der Waals surface area contributed by atoms with Crippen LogP contribution in [0.1, 0.15) is 38.8 Å². The highest BCUT2D eigenvalue weighted by atomic mass is 16.2. The van der Waals surface area contributed by atoms with Crippen molar-refractivity contribution in [2.75, 3.05) is 7.05 Å². The number of nitrogens with two attached hydrogens (primary N) is 1. The van der Waals surface area contributed by atoms with Crippen molar-refractivity contribution >= 4 is 5.91 Å². The van der Waals surface area contributed by atoms with Gasteiger partial charge in [-0.3, -0.25) is 4.79 Å². The first-order valence-electron chi connectivity index (χ1n) is 6.72. The van der Waals surface area contributed by atoms with Crippen LogP contribution in [0.4, 0.5) is 0 Å². The van der Waals surface area contributed by atoms with Gasteiger partial charge in [0.1, 0.15) is 5.82 Å². The van der Waals surface area contributed by atoms with E-state index in [0.29, 0.717) is 6.54 Å². The van der Waals surface area contributed by atoms with E-state index in [1.165, 1.54) is 0 Å². The second kappa shape index (κ2) is 4.92. The molecule has 2 rings (SSSR count). The standard InChI is InChI=1S/C13H23N5O/c1-13(2,3)11(14)12(19)17(4)8-10-16-15-9-6-5-7-18(9)10/h11H,5-8,14H2,1-4H3. The molecular formula is C13H23N5O. The first kappa shape index (κ1) is 14.0. The van der Waals surface area contributed by atoms with Crippen molar-refractivity contribution in [2.24, 2.45) is 11.1 Å². The van der Waals surface area contributed by atoms with Crippen molar-refractivity contribution in [1.29, 1.82) is 0 Å². The molecule has 0 saturated carbocycles. The lowest BCUT2D eigenvalue weighted by Gasteiger charge is -2.29. The van der Waals surface area contributed by atoms with E-state index in [9.17, 15) is 4.79 Å². The van der Waals surface area contributed by atoms with Crippen molar-refractivity contribution < 1.29 is 4.79 Å². The lowest BCUT2D eigenvalue weighted by atomic mass is 9.86. The maximum Gasteiger partial charge on any atom is 0.240 e. The van der Waals surface area contributed by atoms with Gasteiger partial charge in [0.15, 0.2) is 5.82 Å². The molecule has 0 saturated heterocycles. The summed E-state index contributed by atoms with van der Waals surface area (Å²) in [5.41, 5.74) is 5.76. The lowest BCUT2D eigenvalue weighted by Crippen LogP contribution is -2.49. The summed E-state index contributed by atoms with van der Waals surface area (Å²) >= 11 is 0. The van der Waals surface area contributed by atoms with Crippen LogP contribution in [0.3, 0.4) is 0 Å². The molecular weight excluding hydrogens is 242 g/mol. The first-order valence-corrected chi connectivity index (χ1v) is 6.72. The van der Waals surface area contributed by atoms with Gasteiger partial charge in [0.05, 0.1) is 12.6 Å². The second-order valence-electron chi connectivity index (χ2n) is 6.33. The largest absolute Gasteiger partial charge is 0.337 e. The summed E-state index contributed by atoms with van der Waals surface area (Å²) in [7, 11) is 1.77. The quantitative estimate of drug-likeness (QED) is 0.866. The fraction of sp³-hybridized carbons (Fsp3) is 0.769. The van der Waals surface area contributed by atoms with Crippen LogP contribution >= 0.6 is 0 Å². The van der Waals surface area contributed by atoms with E-state index in [1.807, 2.05) is 20.8 Å². The molecule has 0 aromatic carbocycles. The van der Waals surface area contributed by atoms with Crippen LogP contribution in [0, 0.1) is 5.41 Å². The molecule has 1 aliphatic heterocycles. The summed E-state index contributed by atoms with van der Waals surface area (Å²) in [6, 6.07) is -0.501. The zero-order chi connectivity index (χ0) is 14.2. The maximum absolute atomic E-state index is 12.3. The maximum atomic E-state index is 12.3. The molecule has 0 radical (unpaired) electrons. The molecule has 0 bridgehead atoms. The summed E-state index contributed by atoms with van der Waals surface area (Å²) in [4.78, 5) is 13.9. The molecule has 1 aromatic heterocycles. The topological polar surface area (TPSA) is 77.0 Å². The Balaban J connectivity index is 2.05. The Kier molecular flexibility index (Phi) is 3.62. The highest BCUT2D eigenvalue weighted by Crippen LogP contribution is 2.20. The molecule has 2 heterocycles. The number of aromatic nitrogens is 3. The van der Waals surface area contributed by atoms with E-state index in [4.69, 9.17) is 5.73 Å². The lowest BCUT2D eigenvalue weighted by molar-refractivity contribution is -0.134. The average Bonchev–Trinajstić information content (AvgIpc) is 2.90. The zero-order valence-corrected chi connectivity index (χ0v) is 12.2. The number of amides is 1. The molecule has 0 spiro atoms. The Hall–Kier alpha value is -1.43. The van der Waals surface area contributed by atoms with E-state index in [1.54, 1.807) is 11.9 Å². The van der Waals surface area contributed by atoms with Gasteiger partial charge in [-0.15, -0.1) is 10.2 Å². The third-order valence-corrected chi connectivity index (χ3v) is 3.64. The molecule has 2 N–H and O–H groups in total. The fourth-order valence-electron chi connectivity index (χ4n) is 2.23. The molecule has 0 fully saturated rings. The van der Waals surface area contributed by atoms with Gasteiger partial charge in [-0.05, 0) is 11.8 Å². The molecule has 106 valence electrons. The van der Waals surface area contributed by atoms with Gasteiger partial charge in [-0.2, -0.15) is 0 Å². The number of likely N-dealkylation sites (N-methyl/N-ethyl adjacent to an activating group) is 1. The fourth-order valence-corrected chi connectivity index (χ4v) is 2.23. The zero-order valence-electron chi connectivity index (χ0n) is 12.2. The Bertz CT molecular complexity index is 474. The van der Waals surface area contributed by atoms with Crippen molar-refractivity contribution in [3.63, 3.8) is 0 Å². The van der Waals surface area contributed by atoms with Crippen molar-refractivity contribution in [2.45, 2.75) is 52.7 Å². The number of fused-ring (bicyclic) bond motifs is 1. The summed E-state index contributed by atoms with van der Waals surface area (Å²) in [6.45, 7) is 7.33. The predicted molar refractivity (Wildman–Crippen MR) is 72.2 cm³/mol. The molecule has 6 nitrogen and oxygen atoms in total. The summed E-state index contributed by atoms with van der Waals surface area (Å²) in [6.07, 6.45) is 2.09. The number of aryl methyl sites for hydroxylation is 1. The smallest absolute Gasteiger partial charge is 0.240 e. The predicted octanol–water partition coefficient (Wildman–Crippen LogP) is 0.556. The first-order chi connectivity index (χ1) is 8.80. The minimum Gasteiger partial charge on any atom is -0.337 e. The van der Waals surface area contributed by atoms with Gasteiger partial charge < -0.3 is 15.2 Å². The third-order valence-electron chi connectivity index (χ3n) is 3.64. The minimum absolute atomic E-state index is 0.0529. The summed E-state index contributed by atoms with van der Waals surface area (Å²) in [5, 5.41) is 8.31. The van der Waals surface area contributed by atoms with Crippen LogP contribution in [0.25, 0.3) is 0 Å². The molecule has 1 aromatic rings. The molecule has 6 heteroatoms. The monoisotopic (exact) mass is 265 g/mol. The summed E-state index contributed by atoms with van der Waals surface area (Å²) in [5.74, 6) is 1.82. The van der Waals surface area contributed by atoms with E-state index < -0.39 is 6.04 Å². The molecule has 1 unspecified atom stereocenters. The number of rotatable bonds is 3.